The minimum Gasteiger partial charge on any atom is -0.360 e. The highest BCUT2D eigenvalue weighted by molar-refractivity contribution is 7.09. The Labute approximate surface area is 101 Å². The fourth-order valence-corrected chi connectivity index (χ4v) is 2.38. The fourth-order valence-electron chi connectivity index (χ4n) is 1.77. The molecule has 1 aromatic rings. The molecular formula is C9H13F3N4S. The van der Waals surface area contributed by atoms with Gasteiger partial charge in [-0.15, -0.1) is 0 Å². The number of hydrogen-bond donors (Lipinski definition) is 2. The van der Waals surface area contributed by atoms with E-state index in [4.69, 9.17) is 0 Å². The Morgan fingerprint density at radius 3 is 2.88 bits per heavy atom. The molecule has 0 amide bonds. The third kappa shape index (κ3) is 3.53. The van der Waals surface area contributed by atoms with E-state index in [1.54, 1.807) is 0 Å². The summed E-state index contributed by atoms with van der Waals surface area (Å²) in [5.41, 5.74) is 0. The molecule has 1 aliphatic rings. The molecule has 0 aliphatic carbocycles. The lowest BCUT2D eigenvalue weighted by atomic mass is 10.2. The molecule has 0 bridgehead atoms. The van der Waals surface area contributed by atoms with Gasteiger partial charge in [-0.1, -0.05) is 0 Å². The van der Waals surface area contributed by atoms with Crippen LogP contribution in [0.25, 0.3) is 0 Å². The maximum Gasteiger partial charge on any atom is 0.452 e. The maximum absolute atomic E-state index is 12.2. The first-order valence-corrected chi connectivity index (χ1v) is 6.21. The van der Waals surface area contributed by atoms with Crippen LogP contribution in [0.5, 0.6) is 0 Å². The van der Waals surface area contributed by atoms with Crippen molar-refractivity contribution in [3.05, 3.63) is 5.82 Å². The number of nitrogens with zero attached hydrogens (tertiary/aromatic N) is 2. The lowest BCUT2D eigenvalue weighted by Crippen LogP contribution is -2.24. The molecule has 1 saturated heterocycles. The predicted molar refractivity (Wildman–Crippen MR) is 59.0 cm³/mol. The molecule has 0 radical (unpaired) electrons. The van der Waals surface area contributed by atoms with Crippen molar-refractivity contribution in [2.24, 2.45) is 0 Å². The van der Waals surface area contributed by atoms with E-state index in [1.807, 2.05) is 0 Å². The quantitative estimate of drug-likeness (QED) is 0.876. The Morgan fingerprint density at radius 1 is 1.47 bits per heavy atom. The summed E-state index contributed by atoms with van der Waals surface area (Å²) in [5, 5.41) is 6.42. The minimum absolute atomic E-state index is 0.232. The van der Waals surface area contributed by atoms with Gasteiger partial charge in [0.2, 0.25) is 11.0 Å². The third-order valence-electron chi connectivity index (χ3n) is 2.61. The van der Waals surface area contributed by atoms with Gasteiger partial charge in [-0.3, -0.25) is 0 Å². The van der Waals surface area contributed by atoms with Crippen molar-refractivity contribution in [1.82, 2.24) is 14.7 Å². The van der Waals surface area contributed by atoms with Crippen LogP contribution in [0.15, 0.2) is 0 Å². The van der Waals surface area contributed by atoms with Crippen molar-refractivity contribution >= 4 is 16.7 Å². The number of halogens is 3. The summed E-state index contributed by atoms with van der Waals surface area (Å²) in [7, 11) is 0. The molecule has 1 aromatic heterocycles. The van der Waals surface area contributed by atoms with E-state index in [-0.39, 0.29) is 5.13 Å². The number of rotatable bonds is 4. The molecule has 1 aliphatic heterocycles. The number of nitrogens with one attached hydrogen (secondary N) is 2. The highest BCUT2D eigenvalue weighted by Gasteiger charge is 2.36. The number of aromatic nitrogens is 2. The van der Waals surface area contributed by atoms with Crippen molar-refractivity contribution in [3.8, 4) is 0 Å². The van der Waals surface area contributed by atoms with E-state index < -0.39 is 12.0 Å². The molecule has 1 atom stereocenters. The molecule has 4 nitrogen and oxygen atoms in total. The van der Waals surface area contributed by atoms with Crippen LogP contribution in [0.3, 0.4) is 0 Å². The number of alkyl halides is 3. The highest BCUT2D eigenvalue weighted by atomic mass is 32.1. The average Bonchev–Trinajstić information content (AvgIpc) is 2.86. The molecule has 96 valence electrons. The second kappa shape index (κ2) is 5.18. The zero-order chi connectivity index (χ0) is 12.3. The summed E-state index contributed by atoms with van der Waals surface area (Å²) in [6.45, 7) is 1.64. The molecule has 2 rings (SSSR count). The summed E-state index contributed by atoms with van der Waals surface area (Å²) >= 11 is 0.746. The predicted octanol–water partition coefficient (Wildman–Crippen LogP) is 2.11. The van der Waals surface area contributed by atoms with Gasteiger partial charge in [0.15, 0.2) is 0 Å². The van der Waals surface area contributed by atoms with Crippen LogP contribution in [0.4, 0.5) is 18.3 Å². The van der Waals surface area contributed by atoms with Gasteiger partial charge in [0.1, 0.15) is 0 Å². The van der Waals surface area contributed by atoms with E-state index >= 15 is 0 Å². The van der Waals surface area contributed by atoms with E-state index in [1.165, 1.54) is 6.42 Å². The van der Waals surface area contributed by atoms with Crippen LogP contribution in [-0.4, -0.2) is 28.5 Å². The molecule has 17 heavy (non-hydrogen) atoms. The van der Waals surface area contributed by atoms with Crippen LogP contribution >= 0.6 is 11.5 Å². The first-order valence-electron chi connectivity index (χ1n) is 5.44. The largest absolute Gasteiger partial charge is 0.452 e. The van der Waals surface area contributed by atoms with Crippen molar-refractivity contribution in [2.75, 3.05) is 18.4 Å². The molecule has 8 heteroatoms. The zero-order valence-corrected chi connectivity index (χ0v) is 9.87. The van der Waals surface area contributed by atoms with Gasteiger partial charge >= 0.3 is 6.18 Å². The van der Waals surface area contributed by atoms with E-state index in [9.17, 15) is 13.2 Å². The molecule has 0 unspecified atom stereocenters. The minimum atomic E-state index is -4.45. The summed E-state index contributed by atoms with van der Waals surface area (Å²) in [5.74, 6) is -1.07. The van der Waals surface area contributed by atoms with Crippen molar-refractivity contribution in [1.29, 1.82) is 0 Å². The third-order valence-corrected chi connectivity index (χ3v) is 3.28. The standard InChI is InChI=1S/C9H13F3N4S/c10-9(11,12)7-15-8(17-16-7)14-5-3-6-2-1-4-13-6/h6,13H,1-5H2,(H,14,15,16)/t6-/m1/s1. The molecule has 2 N–H and O–H groups in total. The van der Waals surface area contributed by atoms with Gasteiger partial charge in [-0.2, -0.15) is 22.5 Å². The van der Waals surface area contributed by atoms with Gasteiger partial charge in [0.05, 0.1) is 0 Å². The van der Waals surface area contributed by atoms with Crippen LogP contribution in [0, 0.1) is 0 Å². The Morgan fingerprint density at radius 2 is 2.29 bits per heavy atom. The van der Waals surface area contributed by atoms with Crippen molar-refractivity contribution < 1.29 is 13.2 Å². The van der Waals surface area contributed by atoms with Crippen molar-refractivity contribution in [3.63, 3.8) is 0 Å². The smallest absolute Gasteiger partial charge is 0.360 e. The maximum atomic E-state index is 12.2. The van der Waals surface area contributed by atoms with Gasteiger partial charge in [0, 0.05) is 24.1 Å². The second-order valence-corrected chi connectivity index (χ2v) is 4.68. The molecule has 0 aromatic carbocycles. The lowest BCUT2D eigenvalue weighted by molar-refractivity contribution is -0.144. The average molecular weight is 266 g/mol. The topological polar surface area (TPSA) is 49.8 Å². The first-order chi connectivity index (χ1) is 8.05. The van der Waals surface area contributed by atoms with E-state index in [0.29, 0.717) is 12.6 Å². The first kappa shape index (κ1) is 12.6. The van der Waals surface area contributed by atoms with Gasteiger partial charge in [-0.25, -0.2) is 0 Å². The summed E-state index contributed by atoms with van der Waals surface area (Å²) in [6.07, 6.45) is -1.27. The molecule has 1 fully saturated rings. The van der Waals surface area contributed by atoms with E-state index in [2.05, 4.69) is 20.0 Å². The molecular weight excluding hydrogens is 253 g/mol. The second-order valence-electron chi connectivity index (χ2n) is 3.93. The summed E-state index contributed by atoms with van der Waals surface area (Å²) in [6, 6.07) is 0.470. The zero-order valence-electron chi connectivity index (χ0n) is 9.05. The van der Waals surface area contributed by atoms with Crippen LogP contribution < -0.4 is 10.6 Å². The van der Waals surface area contributed by atoms with Gasteiger partial charge < -0.3 is 10.6 Å². The monoisotopic (exact) mass is 266 g/mol. The lowest BCUT2D eigenvalue weighted by Gasteiger charge is -2.09. The van der Waals surface area contributed by atoms with Crippen molar-refractivity contribution in [2.45, 2.75) is 31.5 Å². The van der Waals surface area contributed by atoms with Gasteiger partial charge in [0.25, 0.3) is 0 Å². The Bertz CT molecular complexity index is 359. The Kier molecular flexibility index (Phi) is 3.82. The number of anilines is 1. The number of hydrogen-bond acceptors (Lipinski definition) is 5. The summed E-state index contributed by atoms with van der Waals surface area (Å²) in [4.78, 5) is 3.40. The normalized spacial score (nSPS) is 20.8. The van der Waals surface area contributed by atoms with Crippen LogP contribution in [0.1, 0.15) is 25.1 Å². The Hall–Kier alpha value is -0.890. The van der Waals surface area contributed by atoms with Crippen LogP contribution in [0.2, 0.25) is 0 Å². The molecule has 2 heterocycles. The van der Waals surface area contributed by atoms with Crippen LogP contribution in [-0.2, 0) is 6.18 Å². The summed E-state index contributed by atoms with van der Waals surface area (Å²) < 4.78 is 39.9. The Balaban J connectivity index is 1.77. The van der Waals surface area contributed by atoms with Gasteiger partial charge in [-0.05, 0) is 25.8 Å². The SMILES string of the molecule is FC(F)(F)c1nsc(NCC[C@H]2CCCN2)n1. The fraction of sp³-hybridized carbons (Fsp3) is 0.778. The van der Waals surface area contributed by atoms with E-state index in [0.717, 1.165) is 30.9 Å². The highest BCUT2D eigenvalue weighted by Crippen LogP contribution is 2.28. The molecule has 0 spiro atoms. The molecule has 0 saturated carbocycles.